The lowest BCUT2D eigenvalue weighted by molar-refractivity contribution is 0.768. The largest absolute Gasteiger partial charge is 0.355 e. The molecule has 1 aromatic heterocycles. The number of benzene rings is 1. The minimum absolute atomic E-state index is 0.458. The number of hydrogen-bond donors (Lipinski definition) is 1. The van der Waals surface area contributed by atoms with E-state index in [-0.39, 0.29) is 0 Å². The van der Waals surface area contributed by atoms with Crippen LogP contribution < -0.4 is 5.32 Å². The van der Waals surface area contributed by atoms with Crippen molar-refractivity contribution in [3.05, 3.63) is 60.9 Å². The van der Waals surface area contributed by atoms with Crippen molar-refractivity contribution in [2.75, 3.05) is 11.9 Å². The number of hydrogen-bond acceptors (Lipinski definition) is 2. The van der Waals surface area contributed by atoms with E-state index < -0.39 is 0 Å². The first-order valence-electron chi connectivity index (χ1n) is 6.22. The Morgan fingerprint density at radius 2 is 2.17 bits per heavy atom. The molecule has 0 bridgehead atoms. The Balaban J connectivity index is 1.95. The number of nitrogens with zero attached hydrogens (tertiary/aromatic N) is 2. The van der Waals surface area contributed by atoms with Crippen molar-refractivity contribution in [3.63, 3.8) is 0 Å². The molecule has 2 aromatic rings. The maximum absolute atomic E-state index is 4.30. The lowest BCUT2D eigenvalue weighted by atomic mass is 10.0. The molecule has 0 aliphatic rings. The van der Waals surface area contributed by atoms with Crippen molar-refractivity contribution < 1.29 is 0 Å². The van der Waals surface area contributed by atoms with Crippen molar-refractivity contribution in [1.82, 2.24) is 9.55 Å². The van der Waals surface area contributed by atoms with Crippen molar-refractivity contribution >= 4 is 5.95 Å². The van der Waals surface area contributed by atoms with E-state index in [2.05, 4.69) is 48.1 Å². The average molecular weight is 241 g/mol. The van der Waals surface area contributed by atoms with Crippen LogP contribution in [-0.2, 0) is 6.54 Å². The molecule has 1 unspecified atom stereocenters. The fourth-order valence-electron chi connectivity index (χ4n) is 1.91. The minimum atomic E-state index is 0.458. The highest BCUT2D eigenvalue weighted by atomic mass is 15.2. The van der Waals surface area contributed by atoms with Gasteiger partial charge in [-0.2, -0.15) is 0 Å². The SMILES string of the molecule is C=CCn1ccnc1NCC(C)c1ccccc1. The van der Waals surface area contributed by atoms with Gasteiger partial charge in [-0.3, -0.25) is 0 Å². The number of allylic oxidation sites excluding steroid dienone is 1. The first-order chi connectivity index (χ1) is 8.81. The summed E-state index contributed by atoms with van der Waals surface area (Å²) in [6.45, 7) is 7.61. The second-order valence-corrected chi connectivity index (χ2v) is 4.38. The van der Waals surface area contributed by atoms with Crippen LogP contribution in [0.15, 0.2) is 55.4 Å². The number of imidazole rings is 1. The number of nitrogens with one attached hydrogen (secondary N) is 1. The molecule has 3 nitrogen and oxygen atoms in total. The summed E-state index contributed by atoms with van der Waals surface area (Å²) in [7, 11) is 0. The van der Waals surface area contributed by atoms with E-state index in [4.69, 9.17) is 0 Å². The van der Waals surface area contributed by atoms with E-state index in [9.17, 15) is 0 Å². The third-order valence-electron chi connectivity index (χ3n) is 2.98. The van der Waals surface area contributed by atoms with Crippen LogP contribution in [0.1, 0.15) is 18.4 Å². The summed E-state index contributed by atoms with van der Waals surface area (Å²) < 4.78 is 2.05. The third-order valence-corrected chi connectivity index (χ3v) is 2.98. The van der Waals surface area contributed by atoms with Crippen molar-refractivity contribution in [1.29, 1.82) is 0 Å². The van der Waals surface area contributed by atoms with Crippen LogP contribution >= 0.6 is 0 Å². The summed E-state index contributed by atoms with van der Waals surface area (Å²) in [6.07, 6.45) is 5.63. The molecule has 2 rings (SSSR count). The molecular weight excluding hydrogens is 222 g/mol. The Labute approximate surface area is 108 Å². The van der Waals surface area contributed by atoms with Gasteiger partial charge in [-0.1, -0.05) is 43.3 Å². The van der Waals surface area contributed by atoms with Gasteiger partial charge in [0.2, 0.25) is 5.95 Å². The zero-order valence-electron chi connectivity index (χ0n) is 10.7. The Hall–Kier alpha value is -2.03. The highest BCUT2D eigenvalue weighted by molar-refractivity contribution is 5.28. The van der Waals surface area contributed by atoms with Crippen LogP contribution in [0.25, 0.3) is 0 Å². The number of anilines is 1. The van der Waals surface area contributed by atoms with E-state index in [1.165, 1.54) is 5.56 Å². The highest BCUT2D eigenvalue weighted by Crippen LogP contribution is 2.15. The summed E-state index contributed by atoms with van der Waals surface area (Å²) in [5.41, 5.74) is 1.34. The van der Waals surface area contributed by atoms with E-state index in [1.807, 2.05) is 22.9 Å². The van der Waals surface area contributed by atoms with Crippen LogP contribution in [0.3, 0.4) is 0 Å². The first kappa shape index (κ1) is 12.4. The average Bonchev–Trinajstić information content (AvgIpc) is 2.85. The second kappa shape index (κ2) is 6.05. The van der Waals surface area contributed by atoms with Gasteiger partial charge < -0.3 is 9.88 Å². The van der Waals surface area contributed by atoms with Gasteiger partial charge in [0, 0.05) is 25.5 Å². The van der Waals surface area contributed by atoms with Crippen LogP contribution in [-0.4, -0.2) is 16.1 Å². The van der Waals surface area contributed by atoms with Crippen molar-refractivity contribution in [2.24, 2.45) is 0 Å². The molecular formula is C15H19N3. The van der Waals surface area contributed by atoms with Gasteiger partial charge in [-0.25, -0.2) is 4.98 Å². The molecule has 1 N–H and O–H groups in total. The molecule has 0 saturated heterocycles. The fraction of sp³-hybridized carbons (Fsp3) is 0.267. The zero-order valence-corrected chi connectivity index (χ0v) is 10.7. The van der Waals surface area contributed by atoms with Gasteiger partial charge in [0.15, 0.2) is 0 Å². The van der Waals surface area contributed by atoms with Crippen molar-refractivity contribution in [3.8, 4) is 0 Å². The predicted molar refractivity (Wildman–Crippen MR) is 75.8 cm³/mol. The predicted octanol–water partition coefficient (Wildman–Crippen LogP) is 3.28. The standard InChI is InChI=1S/C15H19N3/c1-3-10-18-11-9-16-15(18)17-12-13(2)14-7-5-4-6-8-14/h3-9,11,13H,1,10,12H2,2H3,(H,16,17). The summed E-state index contributed by atoms with van der Waals surface area (Å²) in [4.78, 5) is 4.30. The minimum Gasteiger partial charge on any atom is -0.355 e. The smallest absolute Gasteiger partial charge is 0.203 e. The normalized spacial score (nSPS) is 12.1. The van der Waals surface area contributed by atoms with E-state index in [0.29, 0.717) is 5.92 Å². The molecule has 0 aliphatic carbocycles. The summed E-state index contributed by atoms with van der Waals surface area (Å²) in [6, 6.07) is 10.5. The van der Waals surface area contributed by atoms with Gasteiger partial charge in [0.1, 0.15) is 0 Å². The maximum atomic E-state index is 4.30. The van der Waals surface area contributed by atoms with E-state index >= 15 is 0 Å². The fourth-order valence-corrected chi connectivity index (χ4v) is 1.91. The highest BCUT2D eigenvalue weighted by Gasteiger charge is 2.06. The lowest BCUT2D eigenvalue weighted by Gasteiger charge is -2.14. The van der Waals surface area contributed by atoms with E-state index in [1.54, 1.807) is 6.20 Å². The molecule has 0 radical (unpaired) electrons. The lowest BCUT2D eigenvalue weighted by Crippen LogP contribution is -2.13. The molecule has 0 saturated carbocycles. The topological polar surface area (TPSA) is 29.9 Å². The monoisotopic (exact) mass is 241 g/mol. The summed E-state index contributed by atoms with van der Waals surface area (Å²) in [5.74, 6) is 1.36. The quantitative estimate of drug-likeness (QED) is 0.786. The van der Waals surface area contributed by atoms with Gasteiger partial charge in [-0.05, 0) is 11.5 Å². The van der Waals surface area contributed by atoms with Crippen LogP contribution in [0, 0.1) is 0 Å². The Morgan fingerprint density at radius 3 is 2.89 bits per heavy atom. The van der Waals surface area contributed by atoms with Crippen molar-refractivity contribution in [2.45, 2.75) is 19.4 Å². The first-order valence-corrected chi connectivity index (χ1v) is 6.22. The third kappa shape index (κ3) is 3.00. The second-order valence-electron chi connectivity index (χ2n) is 4.38. The molecule has 1 heterocycles. The maximum Gasteiger partial charge on any atom is 0.203 e. The molecule has 3 heteroatoms. The van der Waals surface area contributed by atoms with Crippen LogP contribution in [0.4, 0.5) is 5.95 Å². The van der Waals surface area contributed by atoms with Crippen LogP contribution in [0.5, 0.6) is 0 Å². The molecule has 1 aromatic carbocycles. The van der Waals surface area contributed by atoms with Gasteiger partial charge in [-0.15, -0.1) is 6.58 Å². The number of aromatic nitrogens is 2. The van der Waals surface area contributed by atoms with E-state index in [0.717, 1.165) is 19.0 Å². The molecule has 94 valence electrons. The summed E-state index contributed by atoms with van der Waals surface area (Å²) >= 11 is 0. The molecule has 0 fully saturated rings. The Kier molecular flexibility index (Phi) is 4.18. The molecule has 18 heavy (non-hydrogen) atoms. The van der Waals surface area contributed by atoms with Gasteiger partial charge >= 0.3 is 0 Å². The van der Waals surface area contributed by atoms with Gasteiger partial charge in [0.05, 0.1) is 0 Å². The molecule has 0 amide bonds. The van der Waals surface area contributed by atoms with Crippen LogP contribution in [0.2, 0.25) is 0 Å². The zero-order chi connectivity index (χ0) is 12.8. The van der Waals surface area contributed by atoms with Gasteiger partial charge in [0.25, 0.3) is 0 Å². The number of rotatable bonds is 6. The summed E-state index contributed by atoms with van der Waals surface area (Å²) in [5, 5.41) is 3.38. The molecule has 0 spiro atoms. The molecule has 0 aliphatic heterocycles. The molecule has 1 atom stereocenters. The Morgan fingerprint density at radius 1 is 1.39 bits per heavy atom. The Bertz CT molecular complexity index is 487.